The Morgan fingerprint density at radius 1 is 1.08 bits per heavy atom. The van der Waals surface area contributed by atoms with Gasteiger partial charge in [-0.05, 0) is 31.8 Å². The fourth-order valence-electron chi connectivity index (χ4n) is 1.81. The first-order chi connectivity index (χ1) is 12.1. The zero-order chi connectivity index (χ0) is 20.8. The van der Waals surface area contributed by atoms with Crippen molar-refractivity contribution < 1.29 is 19.7 Å². The lowest BCUT2D eigenvalue weighted by molar-refractivity contribution is 0.0189. The second kappa shape index (κ2) is 13.6. The molecular weight excluding hydrogens is 332 g/mol. The van der Waals surface area contributed by atoms with Gasteiger partial charge >= 0.3 is 0 Å². The SMILES string of the molecule is CC.CNCC(C)(C)COCC(C)(C)CN.O=Cc1ccc(O)c(O)c1. The van der Waals surface area contributed by atoms with Crippen LogP contribution in [0.5, 0.6) is 11.5 Å². The number of aldehydes is 1. The molecule has 0 aromatic heterocycles. The van der Waals surface area contributed by atoms with Crippen molar-refractivity contribution in [1.29, 1.82) is 0 Å². The summed E-state index contributed by atoms with van der Waals surface area (Å²) in [5.41, 5.74) is 6.25. The lowest BCUT2D eigenvalue weighted by Crippen LogP contribution is -2.34. The summed E-state index contributed by atoms with van der Waals surface area (Å²) >= 11 is 0. The molecule has 6 heteroatoms. The quantitative estimate of drug-likeness (QED) is 0.414. The molecule has 0 aliphatic rings. The predicted octanol–water partition coefficient (Wildman–Crippen LogP) is 3.17. The van der Waals surface area contributed by atoms with Crippen LogP contribution < -0.4 is 11.1 Å². The Labute approximate surface area is 158 Å². The number of rotatable bonds is 8. The Balaban J connectivity index is 0. The Morgan fingerprint density at radius 2 is 1.62 bits per heavy atom. The molecule has 5 N–H and O–H groups in total. The number of carbonyl (C=O) groups is 1. The summed E-state index contributed by atoms with van der Waals surface area (Å²) in [6.45, 7) is 15.8. The molecule has 0 unspecified atom stereocenters. The topological polar surface area (TPSA) is 105 Å². The van der Waals surface area contributed by atoms with Gasteiger partial charge in [0, 0.05) is 22.9 Å². The molecule has 0 saturated carbocycles. The van der Waals surface area contributed by atoms with Gasteiger partial charge in [-0.2, -0.15) is 0 Å². The van der Waals surface area contributed by atoms with E-state index in [0.717, 1.165) is 19.8 Å². The number of hydrogen-bond acceptors (Lipinski definition) is 6. The van der Waals surface area contributed by atoms with E-state index in [9.17, 15) is 4.79 Å². The molecule has 1 aromatic rings. The largest absolute Gasteiger partial charge is 0.504 e. The summed E-state index contributed by atoms with van der Waals surface area (Å²) in [5.74, 6) is -0.491. The van der Waals surface area contributed by atoms with Crippen LogP contribution in [0, 0.1) is 10.8 Å². The number of nitrogens with one attached hydrogen (secondary N) is 1. The van der Waals surface area contributed by atoms with Gasteiger partial charge in [-0.25, -0.2) is 0 Å². The van der Waals surface area contributed by atoms with Gasteiger partial charge in [-0.15, -0.1) is 0 Å². The predicted molar refractivity (Wildman–Crippen MR) is 108 cm³/mol. The molecule has 0 saturated heterocycles. The number of hydrogen-bond donors (Lipinski definition) is 4. The van der Waals surface area contributed by atoms with Crippen LogP contribution in [0.4, 0.5) is 0 Å². The number of phenols is 2. The van der Waals surface area contributed by atoms with Crippen molar-refractivity contribution in [1.82, 2.24) is 5.32 Å². The minimum atomic E-state index is -0.274. The van der Waals surface area contributed by atoms with Gasteiger partial charge in [0.15, 0.2) is 11.5 Å². The third-order valence-corrected chi connectivity index (χ3v) is 3.33. The highest BCUT2D eigenvalue weighted by molar-refractivity contribution is 5.76. The molecule has 6 nitrogen and oxygen atoms in total. The summed E-state index contributed by atoms with van der Waals surface area (Å²) < 4.78 is 5.69. The highest BCUT2D eigenvalue weighted by Gasteiger charge is 2.20. The second-order valence-electron chi connectivity index (χ2n) is 7.42. The van der Waals surface area contributed by atoms with E-state index in [1.54, 1.807) is 0 Å². The molecule has 152 valence electrons. The molecule has 0 fully saturated rings. The van der Waals surface area contributed by atoms with Gasteiger partial charge in [0.05, 0.1) is 13.2 Å². The van der Waals surface area contributed by atoms with Gasteiger partial charge in [-0.1, -0.05) is 41.5 Å². The zero-order valence-corrected chi connectivity index (χ0v) is 17.4. The molecule has 1 rings (SSSR count). The van der Waals surface area contributed by atoms with Crippen LogP contribution in [0.25, 0.3) is 0 Å². The fraction of sp³-hybridized carbons (Fsp3) is 0.650. The van der Waals surface area contributed by atoms with E-state index in [1.807, 2.05) is 20.9 Å². The van der Waals surface area contributed by atoms with Crippen LogP contribution in [0.15, 0.2) is 18.2 Å². The summed E-state index contributed by atoms with van der Waals surface area (Å²) in [4.78, 5) is 10.1. The molecular formula is C20H38N2O4. The standard InChI is InChI=1S/C11H26N2O.C7H6O3.C2H6/c1-10(2,6-12)8-14-9-11(3,4)7-13-5;8-4-5-1-2-6(9)7(10)3-5;1-2/h13H,6-9,12H2,1-5H3;1-4,9-10H;1-2H3. The summed E-state index contributed by atoms with van der Waals surface area (Å²) in [7, 11) is 1.96. The van der Waals surface area contributed by atoms with Crippen molar-refractivity contribution in [2.75, 3.05) is 33.4 Å². The van der Waals surface area contributed by atoms with Gasteiger partial charge in [0.2, 0.25) is 0 Å². The third-order valence-electron chi connectivity index (χ3n) is 3.33. The molecule has 0 bridgehead atoms. The molecule has 1 aromatic carbocycles. The number of aromatic hydroxyl groups is 2. The lowest BCUT2D eigenvalue weighted by Gasteiger charge is -2.28. The van der Waals surface area contributed by atoms with Crippen LogP contribution in [0.1, 0.15) is 51.9 Å². The number of phenolic OH excluding ortho intramolecular Hbond substituents is 2. The lowest BCUT2D eigenvalue weighted by atomic mass is 9.93. The van der Waals surface area contributed by atoms with E-state index in [-0.39, 0.29) is 22.3 Å². The van der Waals surface area contributed by atoms with Crippen molar-refractivity contribution in [2.24, 2.45) is 16.6 Å². The van der Waals surface area contributed by atoms with Gasteiger partial charge in [0.25, 0.3) is 0 Å². The summed E-state index contributed by atoms with van der Waals surface area (Å²) in [6.07, 6.45) is 0.596. The maximum absolute atomic E-state index is 10.1. The van der Waals surface area contributed by atoms with Crippen molar-refractivity contribution in [3.63, 3.8) is 0 Å². The maximum Gasteiger partial charge on any atom is 0.158 e. The van der Waals surface area contributed by atoms with Crippen LogP contribution in [0.3, 0.4) is 0 Å². The first-order valence-corrected chi connectivity index (χ1v) is 8.96. The van der Waals surface area contributed by atoms with Crippen LogP contribution >= 0.6 is 0 Å². The smallest absolute Gasteiger partial charge is 0.158 e. The zero-order valence-electron chi connectivity index (χ0n) is 17.4. The monoisotopic (exact) mass is 370 g/mol. The van der Waals surface area contributed by atoms with Crippen molar-refractivity contribution in [3.8, 4) is 11.5 Å². The van der Waals surface area contributed by atoms with Crippen molar-refractivity contribution >= 4 is 6.29 Å². The van der Waals surface area contributed by atoms with E-state index < -0.39 is 0 Å². The van der Waals surface area contributed by atoms with Gasteiger partial charge < -0.3 is 26.0 Å². The minimum Gasteiger partial charge on any atom is -0.504 e. The third kappa shape index (κ3) is 12.7. The van der Waals surface area contributed by atoms with Crippen LogP contribution in [0.2, 0.25) is 0 Å². The minimum absolute atomic E-state index is 0.0930. The Morgan fingerprint density at radius 3 is 2.04 bits per heavy atom. The second-order valence-corrected chi connectivity index (χ2v) is 7.42. The highest BCUT2D eigenvalue weighted by atomic mass is 16.5. The molecule has 0 aliphatic carbocycles. The molecule has 0 heterocycles. The van der Waals surface area contributed by atoms with E-state index in [1.165, 1.54) is 18.2 Å². The Bertz CT molecular complexity index is 503. The van der Waals surface area contributed by atoms with Crippen molar-refractivity contribution in [2.45, 2.75) is 41.5 Å². The average molecular weight is 371 g/mol. The Hall–Kier alpha value is -1.63. The molecule has 0 radical (unpaired) electrons. The van der Waals surface area contributed by atoms with Gasteiger partial charge in [-0.3, -0.25) is 4.79 Å². The fourth-order valence-corrected chi connectivity index (χ4v) is 1.81. The molecule has 0 amide bonds. The van der Waals surface area contributed by atoms with Crippen LogP contribution in [-0.4, -0.2) is 49.9 Å². The van der Waals surface area contributed by atoms with Gasteiger partial charge in [0.1, 0.15) is 6.29 Å². The van der Waals surface area contributed by atoms with E-state index in [4.69, 9.17) is 20.7 Å². The van der Waals surface area contributed by atoms with E-state index in [0.29, 0.717) is 18.4 Å². The Kier molecular flexibility index (Phi) is 13.9. The van der Waals surface area contributed by atoms with E-state index >= 15 is 0 Å². The number of ether oxygens (including phenoxy) is 1. The average Bonchev–Trinajstić information content (AvgIpc) is 2.59. The summed E-state index contributed by atoms with van der Waals surface area (Å²) in [5, 5.41) is 20.8. The maximum atomic E-state index is 10.1. The van der Waals surface area contributed by atoms with Crippen LogP contribution in [-0.2, 0) is 4.74 Å². The first-order valence-electron chi connectivity index (χ1n) is 8.96. The molecule has 26 heavy (non-hydrogen) atoms. The molecule has 0 atom stereocenters. The molecule has 0 spiro atoms. The summed E-state index contributed by atoms with van der Waals surface area (Å²) in [6, 6.07) is 3.88. The first kappa shape index (κ1) is 26.6. The van der Waals surface area contributed by atoms with E-state index in [2.05, 4.69) is 33.0 Å². The number of benzene rings is 1. The number of carbonyl (C=O) groups excluding carboxylic acids is 1. The normalized spacial score (nSPS) is 10.9. The molecule has 0 aliphatic heterocycles. The highest BCUT2D eigenvalue weighted by Crippen LogP contribution is 2.23. The number of nitrogens with two attached hydrogens (primary N) is 1. The van der Waals surface area contributed by atoms with Crippen molar-refractivity contribution in [3.05, 3.63) is 23.8 Å².